The summed E-state index contributed by atoms with van der Waals surface area (Å²) in [6.07, 6.45) is -9.47. The minimum absolute atomic E-state index is 0.110. The molecule has 1 aliphatic heterocycles. The van der Waals surface area contributed by atoms with Gasteiger partial charge in [-0.05, 0) is 32.2 Å². The summed E-state index contributed by atoms with van der Waals surface area (Å²) >= 11 is 0. The van der Waals surface area contributed by atoms with Crippen LogP contribution in [0.25, 0.3) is 10.8 Å². The number of aromatic nitrogens is 2. The zero-order valence-electron chi connectivity index (χ0n) is 22.9. The fourth-order valence-electron chi connectivity index (χ4n) is 4.31. The summed E-state index contributed by atoms with van der Waals surface area (Å²) in [6.45, 7) is 2.41. The predicted octanol–water partition coefficient (Wildman–Crippen LogP) is 3.35. The van der Waals surface area contributed by atoms with Crippen molar-refractivity contribution < 1.29 is 50.5 Å². The highest BCUT2D eigenvalue weighted by molar-refractivity contribution is 7.52. The predicted molar refractivity (Wildman–Crippen MR) is 143 cm³/mol. The Labute approximate surface area is 241 Å². The normalized spacial score (nSPS) is 23.8. The van der Waals surface area contributed by atoms with Gasteiger partial charge in [0.1, 0.15) is 11.8 Å². The molecule has 0 amide bonds. The maximum atomic E-state index is 15.5. The number of carbonyl (C=O) groups excluding carboxylic acids is 1. The number of fused-ring (bicyclic) bond motifs is 1. The van der Waals surface area contributed by atoms with E-state index in [1.807, 2.05) is 0 Å². The number of hydrogen-bond acceptors (Lipinski definition) is 9. The van der Waals surface area contributed by atoms with Crippen LogP contribution in [0.5, 0.6) is 5.75 Å². The third kappa shape index (κ3) is 6.38. The molecule has 0 saturated carbocycles. The molecule has 1 aliphatic rings. The molecule has 1 fully saturated rings. The number of carbonyl (C=O) groups is 1. The van der Waals surface area contributed by atoms with Gasteiger partial charge in [-0.25, -0.2) is 18.1 Å². The van der Waals surface area contributed by atoms with Gasteiger partial charge in [0.25, 0.3) is 12.0 Å². The molecule has 0 aliphatic carbocycles. The molecule has 3 N–H and O–H groups in total. The van der Waals surface area contributed by atoms with Crippen molar-refractivity contribution in [2.75, 3.05) is 6.61 Å². The van der Waals surface area contributed by atoms with Gasteiger partial charge >= 0.3 is 25.3 Å². The second kappa shape index (κ2) is 12.2. The maximum absolute atomic E-state index is 15.5. The fraction of sp³-hybridized carbons (Fsp3) is 0.423. The number of rotatable bonds is 11. The number of esters is 1. The first kappa shape index (κ1) is 32.4. The van der Waals surface area contributed by atoms with Crippen molar-refractivity contribution >= 4 is 24.5 Å². The van der Waals surface area contributed by atoms with Gasteiger partial charge in [0, 0.05) is 17.6 Å². The average Bonchev–Trinajstić information content (AvgIpc) is 3.13. The minimum Gasteiger partial charge on any atom is -0.462 e. The number of nitrogens with zero attached hydrogens (tertiary/aromatic N) is 1. The van der Waals surface area contributed by atoms with Crippen LogP contribution in [-0.4, -0.2) is 63.4 Å². The maximum Gasteiger partial charge on any atom is 0.459 e. The number of alkyl halides is 4. The standard InChI is InChI=1S/C26H28F4N3O9P/c1-14(2)40-22(36)15(3)32-43(38,42-18-10-6-8-16-7-4-5-9-17(16)18)39-13-25(23(27)28)26(29,30)20(35)21(41-25)33-12-11-19(34)31-24(33)37/h4-12,14-15,20-21,23,35H,13H2,1-3H3,(H,32,38)(H,31,34,37)/t15-,20-,21+,25-,43?/m0/s1. The summed E-state index contributed by atoms with van der Waals surface area (Å²) in [5.74, 6) is -5.87. The number of ether oxygens (including phenoxy) is 2. The first-order valence-electron chi connectivity index (χ1n) is 12.8. The lowest BCUT2D eigenvalue weighted by atomic mass is 9.95. The molecule has 1 saturated heterocycles. The number of halogens is 4. The van der Waals surface area contributed by atoms with E-state index in [-0.39, 0.29) is 5.75 Å². The summed E-state index contributed by atoms with van der Waals surface area (Å²) in [6, 6.07) is 10.4. The van der Waals surface area contributed by atoms with E-state index >= 15 is 8.78 Å². The van der Waals surface area contributed by atoms with Gasteiger partial charge in [-0.15, -0.1) is 0 Å². The van der Waals surface area contributed by atoms with Crippen molar-refractivity contribution in [3.63, 3.8) is 0 Å². The van der Waals surface area contributed by atoms with Crippen LogP contribution >= 0.6 is 7.75 Å². The second-order valence-electron chi connectivity index (χ2n) is 9.96. The highest BCUT2D eigenvalue weighted by atomic mass is 31.2. The van der Waals surface area contributed by atoms with Crippen molar-refractivity contribution in [3.8, 4) is 5.75 Å². The Kier molecular flexibility index (Phi) is 9.19. The molecule has 234 valence electrons. The Morgan fingerprint density at radius 2 is 1.81 bits per heavy atom. The second-order valence-corrected chi connectivity index (χ2v) is 11.7. The molecule has 12 nitrogen and oxygen atoms in total. The smallest absolute Gasteiger partial charge is 0.459 e. The molecule has 1 unspecified atom stereocenters. The van der Waals surface area contributed by atoms with E-state index in [1.165, 1.54) is 32.9 Å². The van der Waals surface area contributed by atoms with E-state index in [0.717, 1.165) is 6.07 Å². The Hall–Kier alpha value is -3.56. The Bertz CT molecular complexity index is 1640. The van der Waals surface area contributed by atoms with E-state index < -0.39 is 74.0 Å². The number of H-pyrrole nitrogens is 1. The largest absolute Gasteiger partial charge is 0.462 e. The lowest BCUT2D eigenvalue weighted by molar-refractivity contribution is -0.242. The van der Waals surface area contributed by atoms with Gasteiger partial charge < -0.3 is 19.1 Å². The topological polar surface area (TPSA) is 158 Å². The van der Waals surface area contributed by atoms with Crippen LogP contribution in [0.4, 0.5) is 17.6 Å². The number of aliphatic hydroxyl groups is 1. The first-order valence-corrected chi connectivity index (χ1v) is 14.4. The van der Waals surface area contributed by atoms with Crippen molar-refractivity contribution in [1.29, 1.82) is 0 Å². The molecule has 0 bridgehead atoms. The van der Waals surface area contributed by atoms with Gasteiger partial charge in [-0.2, -0.15) is 13.9 Å². The lowest BCUT2D eigenvalue weighted by Crippen LogP contribution is -2.57. The molecule has 1 aromatic heterocycles. The van der Waals surface area contributed by atoms with Gasteiger partial charge in [0.2, 0.25) is 5.60 Å². The van der Waals surface area contributed by atoms with Crippen molar-refractivity contribution in [3.05, 3.63) is 75.6 Å². The summed E-state index contributed by atoms with van der Waals surface area (Å²) in [7, 11) is -5.01. The zero-order chi connectivity index (χ0) is 31.7. The zero-order valence-corrected chi connectivity index (χ0v) is 23.8. The third-order valence-corrected chi connectivity index (χ3v) is 8.10. The van der Waals surface area contributed by atoms with E-state index in [1.54, 1.807) is 35.3 Å². The molecule has 3 aromatic rings. The van der Waals surface area contributed by atoms with Crippen LogP contribution in [0, 0.1) is 0 Å². The fourth-order valence-corrected chi connectivity index (χ4v) is 5.85. The number of benzene rings is 2. The Balaban J connectivity index is 1.72. The molecule has 0 spiro atoms. The van der Waals surface area contributed by atoms with Crippen LogP contribution in [0.1, 0.15) is 27.0 Å². The third-order valence-electron chi connectivity index (χ3n) is 6.49. The van der Waals surface area contributed by atoms with Crippen molar-refractivity contribution in [1.82, 2.24) is 14.6 Å². The van der Waals surface area contributed by atoms with Crippen molar-refractivity contribution in [2.45, 2.75) is 63.2 Å². The van der Waals surface area contributed by atoms with Crippen LogP contribution in [0.3, 0.4) is 0 Å². The van der Waals surface area contributed by atoms with E-state index in [9.17, 15) is 32.8 Å². The number of hydrogen-bond donors (Lipinski definition) is 3. The van der Waals surface area contributed by atoms with Gasteiger partial charge in [-0.3, -0.25) is 23.7 Å². The molecule has 2 heterocycles. The monoisotopic (exact) mass is 633 g/mol. The SMILES string of the molecule is CC(C)OC(=O)[C@H](C)NP(=O)(OC[C@@]1(C(F)F)O[C@@H](n2ccc(=O)[nH]c2=O)[C@H](O)C1(F)F)Oc1cccc2ccccc12. The summed E-state index contributed by atoms with van der Waals surface area (Å²) in [4.78, 5) is 37.8. The number of nitrogens with one attached hydrogen (secondary N) is 2. The molecule has 5 atom stereocenters. The first-order chi connectivity index (χ1) is 20.1. The molecule has 43 heavy (non-hydrogen) atoms. The quantitative estimate of drug-likeness (QED) is 0.163. The molecular formula is C26H28F4N3O9P. The number of aliphatic hydroxyl groups excluding tert-OH is 1. The average molecular weight is 633 g/mol. The molecule has 2 aromatic carbocycles. The van der Waals surface area contributed by atoms with Crippen molar-refractivity contribution in [2.24, 2.45) is 0 Å². The number of aromatic amines is 1. The lowest BCUT2D eigenvalue weighted by Gasteiger charge is -2.34. The summed E-state index contributed by atoms with van der Waals surface area (Å²) in [5.41, 5.74) is -6.23. The van der Waals surface area contributed by atoms with Gasteiger partial charge in [0.15, 0.2) is 12.3 Å². The Morgan fingerprint density at radius 1 is 1.14 bits per heavy atom. The van der Waals surface area contributed by atoms with Crippen LogP contribution in [0.15, 0.2) is 64.3 Å². The molecule has 0 radical (unpaired) electrons. The minimum atomic E-state index is -5.01. The van der Waals surface area contributed by atoms with Crippen LogP contribution < -0.4 is 20.9 Å². The van der Waals surface area contributed by atoms with E-state index in [4.69, 9.17) is 18.5 Å². The van der Waals surface area contributed by atoms with Gasteiger partial charge in [0.05, 0.1) is 12.7 Å². The summed E-state index contributed by atoms with van der Waals surface area (Å²) in [5, 5.41) is 13.5. The molecule has 4 rings (SSSR count). The highest BCUT2D eigenvalue weighted by Gasteiger charge is 2.74. The van der Waals surface area contributed by atoms with Crippen LogP contribution in [0.2, 0.25) is 0 Å². The van der Waals surface area contributed by atoms with Crippen LogP contribution in [-0.2, 0) is 23.4 Å². The Morgan fingerprint density at radius 3 is 2.47 bits per heavy atom. The molecular weight excluding hydrogens is 605 g/mol. The van der Waals surface area contributed by atoms with Gasteiger partial charge in [-0.1, -0.05) is 36.4 Å². The molecule has 17 heteroatoms. The highest BCUT2D eigenvalue weighted by Crippen LogP contribution is 2.54. The van der Waals surface area contributed by atoms with E-state index in [0.29, 0.717) is 21.5 Å². The van der Waals surface area contributed by atoms with E-state index in [2.05, 4.69) is 5.09 Å². The summed E-state index contributed by atoms with van der Waals surface area (Å²) < 4.78 is 94.9.